The van der Waals surface area contributed by atoms with E-state index in [9.17, 15) is 4.79 Å². The number of hydrogen-bond acceptors (Lipinski definition) is 2. The molecule has 0 saturated carbocycles. The van der Waals surface area contributed by atoms with Crippen molar-refractivity contribution < 1.29 is 4.79 Å². The molecule has 2 aliphatic heterocycles. The number of amides is 2. The van der Waals surface area contributed by atoms with E-state index in [4.69, 9.17) is 5.73 Å². The van der Waals surface area contributed by atoms with E-state index in [1.54, 1.807) is 4.90 Å². The van der Waals surface area contributed by atoms with Gasteiger partial charge in [0, 0.05) is 25.2 Å². The fourth-order valence-corrected chi connectivity index (χ4v) is 1.83. The summed E-state index contributed by atoms with van der Waals surface area (Å²) in [5, 5.41) is 3.29. The predicted molar refractivity (Wildman–Crippen MR) is 36.5 cm³/mol. The molecule has 4 nitrogen and oxygen atoms in total. The van der Waals surface area contributed by atoms with Gasteiger partial charge in [0.2, 0.25) is 0 Å². The maximum Gasteiger partial charge on any atom is 0.315 e. The number of hydrogen-bond donors (Lipinski definition) is 2. The molecule has 2 saturated heterocycles. The zero-order chi connectivity index (χ0) is 7.14. The standard InChI is InChI=1S/C6H11N3O/c7-6(10)9-3-4-1-5(9)2-8-4/h4-5,8H,1-3H2,(H2,7,10). The van der Waals surface area contributed by atoms with E-state index < -0.39 is 0 Å². The zero-order valence-electron chi connectivity index (χ0n) is 5.71. The highest BCUT2D eigenvalue weighted by Gasteiger charge is 2.39. The molecule has 2 aliphatic rings. The molecule has 0 aromatic heterocycles. The Kier molecular flexibility index (Phi) is 1.11. The normalized spacial score (nSPS) is 37.0. The van der Waals surface area contributed by atoms with Crippen LogP contribution in [-0.2, 0) is 0 Å². The molecule has 56 valence electrons. The molecule has 2 bridgehead atoms. The molecule has 2 atom stereocenters. The van der Waals surface area contributed by atoms with Crippen LogP contribution in [0.5, 0.6) is 0 Å². The molecule has 10 heavy (non-hydrogen) atoms. The second-order valence-electron chi connectivity index (χ2n) is 2.99. The van der Waals surface area contributed by atoms with E-state index in [1.807, 2.05) is 0 Å². The number of piperazine rings is 1. The van der Waals surface area contributed by atoms with Crippen molar-refractivity contribution in [1.29, 1.82) is 0 Å². The summed E-state index contributed by atoms with van der Waals surface area (Å²) in [6, 6.07) is 0.619. The van der Waals surface area contributed by atoms with Crippen molar-refractivity contribution in [2.75, 3.05) is 13.1 Å². The number of urea groups is 1. The van der Waals surface area contributed by atoms with Crippen LogP contribution in [0, 0.1) is 0 Å². The SMILES string of the molecule is NC(=O)N1CC2CC1CN2. The lowest BCUT2D eigenvalue weighted by atomic mass is 10.2. The second-order valence-corrected chi connectivity index (χ2v) is 2.99. The topological polar surface area (TPSA) is 58.4 Å². The van der Waals surface area contributed by atoms with Gasteiger partial charge < -0.3 is 16.0 Å². The Labute approximate surface area is 59.4 Å². The number of rotatable bonds is 0. The summed E-state index contributed by atoms with van der Waals surface area (Å²) in [5.41, 5.74) is 5.14. The first-order chi connectivity index (χ1) is 4.77. The molecule has 2 rings (SSSR count). The highest BCUT2D eigenvalue weighted by molar-refractivity contribution is 5.73. The third-order valence-corrected chi connectivity index (χ3v) is 2.34. The van der Waals surface area contributed by atoms with Crippen molar-refractivity contribution in [3.8, 4) is 0 Å². The van der Waals surface area contributed by atoms with Gasteiger partial charge in [-0.05, 0) is 6.42 Å². The Morgan fingerprint density at radius 1 is 1.70 bits per heavy atom. The monoisotopic (exact) mass is 141 g/mol. The van der Waals surface area contributed by atoms with Crippen LogP contribution in [0.1, 0.15) is 6.42 Å². The number of carbonyl (C=O) groups is 1. The average Bonchev–Trinajstić information content (AvgIpc) is 2.44. The number of likely N-dealkylation sites (tertiary alicyclic amines) is 1. The van der Waals surface area contributed by atoms with Crippen LogP contribution in [0.15, 0.2) is 0 Å². The Balaban J connectivity index is 2.08. The van der Waals surface area contributed by atoms with Gasteiger partial charge in [0.25, 0.3) is 0 Å². The molecule has 2 heterocycles. The Morgan fingerprint density at radius 3 is 2.80 bits per heavy atom. The molecule has 0 radical (unpaired) electrons. The quantitative estimate of drug-likeness (QED) is 0.460. The fraction of sp³-hybridized carbons (Fsp3) is 0.833. The molecular weight excluding hydrogens is 130 g/mol. The van der Waals surface area contributed by atoms with Gasteiger partial charge in [-0.3, -0.25) is 0 Å². The number of nitrogens with zero attached hydrogens (tertiary/aromatic N) is 1. The highest BCUT2D eigenvalue weighted by atomic mass is 16.2. The third-order valence-electron chi connectivity index (χ3n) is 2.34. The first-order valence-corrected chi connectivity index (χ1v) is 3.57. The van der Waals surface area contributed by atoms with E-state index in [1.165, 1.54) is 0 Å². The van der Waals surface area contributed by atoms with Gasteiger partial charge in [0.05, 0.1) is 0 Å². The van der Waals surface area contributed by atoms with Gasteiger partial charge in [0.1, 0.15) is 0 Å². The molecule has 2 unspecified atom stereocenters. The van der Waals surface area contributed by atoms with E-state index in [2.05, 4.69) is 5.32 Å². The molecule has 0 aliphatic carbocycles. The number of nitrogens with two attached hydrogens (primary N) is 1. The van der Waals surface area contributed by atoms with Crippen LogP contribution in [0.25, 0.3) is 0 Å². The highest BCUT2D eigenvalue weighted by Crippen LogP contribution is 2.22. The summed E-state index contributed by atoms with van der Waals surface area (Å²) >= 11 is 0. The summed E-state index contributed by atoms with van der Waals surface area (Å²) in [6.07, 6.45) is 1.09. The molecule has 4 heteroatoms. The molecule has 2 fully saturated rings. The predicted octanol–water partition coefficient (Wildman–Crippen LogP) is -0.889. The van der Waals surface area contributed by atoms with E-state index in [0.717, 1.165) is 19.5 Å². The minimum Gasteiger partial charge on any atom is -0.351 e. The summed E-state index contributed by atoms with van der Waals surface area (Å²) in [7, 11) is 0. The van der Waals surface area contributed by atoms with Gasteiger partial charge in [-0.1, -0.05) is 0 Å². The summed E-state index contributed by atoms with van der Waals surface area (Å²) in [5.74, 6) is 0. The average molecular weight is 141 g/mol. The molecule has 2 amide bonds. The van der Waals surface area contributed by atoms with Crippen LogP contribution >= 0.6 is 0 Å². The van der Waals surface area contributed by atoms with Crippen molar-refractivity contribution in [2.24, 2.45) is 5.73 Å². The van der Waals surface area contributed by atoms with Crippen molar-refractivity contribution in [3.05, 3.63) is 0 Å². The zero-order valence-corrected chi connectivity index (χ0v) is 5.71. The van der Waals surface area contributed by atoms with Crippen LogP contribution < -0.4 is 11.1 Å². The molecular formula is C6H11N3O. The lowest BCUT2D eigenvalue weighted by Crippen LogP contribution is -2.48. The molecule has 0 aromatic rings. The second kappa shape index (κ2) is 1.85. The first-order valence-electron chi connectivity index (χ1n) is 3.57. The summed E-state index contributed by atoms with van der Waals surface area (Å²) < 4.78 is 0. The molecule has 3 N–H and O–H groups in total. The summed E-state index contributed by atoms with van der Waals surface area (Å²) in [6.45, 7) is 1.73. The maximum atomic E-state index is 10.7. The smallest absolute Gasteiger partial charge is 0.315 e. The molecule has 0 spiro atoms. The number of carbonyl (C=O) groups excluding carboxylic acids is 1. The van der Waals surface area contributed by atoms with Crippen LogP contribution in [-0.4, -0.2) is 36.1 Å². The third kappa shape index (κ3) is 0.686. The van der Waals surface area contributed by atoms with Gasteiger partial charge >= 0.3 is 6.03 Å². The first kappa shape index (κ1) is 5.97. The van der Waals surface area contributed by atoms with E-state index in [0.29, 0.717) is 12.1 Å². The lowest BCUT2D eigenvalue weighted by molar-refractivity contribution is 0.194. The van der Waals surface area contributed by atoms with Crippen LogP contribution in [0.2, 0.25) is 0 Å². The van der Waals surface area contributed by atoms with Crippen LogP contribution in [0.4, 0.5) is 4.79 Å². The van der Waals surface area contributed by atoms with Crippen molar-refractivity contribution in [3.63, 3.8) is 0 Å². The van der Waals surface area contributed by atoms with Gasteiger partial charge in [-0.25, -0.2) is 4.79 Å². The van der Waals surface area contributed by atoms with Gasteiger partial charge in [-0.15, -0.1) is 0 Å². The van der Waals surface area contributed by atoms with E-state index in [-0.39, 0.29) is 6.03 Å². The fourth-order valence-electron chi connectivity index (χ4n) is 1.83. The largest absolute Gasteiger partial charge is 0.351 e. The van der Waals surface area contributed by atoms with Crippen LogP contribution in [0.3, 0.4) is 0 Å². The maximum absolute atomic E-state index is 10.7. The molecule has 0 aromatic carbocycles. The Hall–Kier alpha value is -0.770. The Bertz CT molecular complexity index is 170. The number of nitrogens with one attached hydrogen (secondary N) is 1. The number of primary amides is 1. The minimum absolute atomic E-state index is 0.269. The van der Waals surface area contributed by atoms with Crippen molar-refractivity contribution >= 4 is 6.03 Å². The Morgan fingerprint density at radius 2 is 2.50 bits per heavy atom. The lowest BCUT2D eigenvalue weighted by Gasteiger charge is -2.25. The summed E-state index contributed by atoms with van der Waals surface area (Å²) in [4.78, 5) is 12.5. The minimum atomic E-state index is -0.269. The van der Waals surface area contributed by atoms with Crippen molar-refractivity contribution in [1.82, 2.24) is 10.2 Å². The van der Waals surface area contributed by atoms with Gasteiger partial charge in [0.15, 0.2) is 0 Å². The van der Waals surface area contributed by atoms with E-state index >= 15 is 0 Å². The van der Waals surface area contributed by atoms with Gasteiger partial charge in [-0.2, -0.15) is 0 Å². The number of fused-ring (bicyclic) bond motifs is 2. The van der Waals surface area contributed by atoms with Crippen molar-refractivity contribution in [2.45, 2.75) is 18.5 Å².